The van der Waals surface area contributed by atoms with Crippen LogP contribution in [0, 0.1) is 0 Å². The molecular formula is C20H18F9N3O4S. The molecule has 0 aliphatic heterocycles. The maximum absolute atomic E-state index is 13.8. The van der Waals surface area contributed by atoms with Crippen LogP contribution in [-0.4, -0.2) is 41.7 Å². The third-order valence-corrected chi connectivity index (χ3v) is 5.58. The molecule has 17 heteroatoms. The summed E-state index contributed by atoms with van der Waals surface area (Å²) in [7, 11) is 1.66. The van der Waals surface area contributed by atoms with Crippen molar-refractivity contribution in [1.82, 2.24) is 9.55 Å². The Morgan fingerprint density at radius 1 is 1.05 bits per heavy atom. The van der Waals surface area contributed by atoms with E-state index in [1.54, 1.807) is 0 Å². The molecule has 0 spiro atoms. The van der Waals surface area contributed by atoms with E-state index in [1.807, 2.05) is 0 Å². The van der Waals surface area contributed by atoms with E-state index in [2.05, 4.69) is 9.72 Å². The van der Waals surface area contributed by atoms with Crippen molar-refractivity contribution < 1.29 is 53.8 Å². The van der Waals surface area contributed by atoms with Gasteiger partial charge in [-0.15, -0.1) is 11.8 Å². The van der Waals surface area contributed by atoms with Crippen molar-refractivity contribution in [3.05, 3.63) is 45.4 Å². The predicted molar refractivity (Wildman–Crippen MR) is 112 cm³/mol. The van der Waals surface area contributed by atoms with Crippen molar-refractivity contribution in [3.8, 4) is 0 Å². The number of benzene rings is 1. The third-order valence-electron chi connectivity index (χ3n) is 4.74. The fraction of sp³-hybridized carbons (Fsp3) is 0.450. The lowest BCUT2D eigenvalue weighted by Gasteiger charge is -2.34. The molecule has 0 bridgehead atoms. The molecule has 0 saturated heterocycles. The summed E-state index contributed by atoms with van der Waals surface area (Å²) in [5.41, 5.74) is -7.89. The first-order valence-electron chi connectivity index (χ1n) is 9.88. The van der Waals surface area contributed by atoms with Gasteiger partial charge in [-0.1, -0.05) is 0 Å². The lowest BCUT2D eigenvalue weighted by molar-refractivity contribution is -0.153. The zero-order chi connectivity index (χ0) is 28.5. The number of methoxy groups -OCH3 is 1. The summed E-state index contributed by atoms with van der Waals surface area (Å²) in [4.78, 5) is 27.5. The average Bonchev–Trinajstić information content (AvgIpc) is 2.78. The van der Waals surface area contributed by atoms with Gasteiger partial charge in [-0.3, -0.25) is 14.3 Å². The summed E-state index contributed by atoms with van der Waals surface area (Å²) < 4.78 is 133. The summed E-state index contributed by atoms with van der Waals surface area (Å²) in [6.45, 7) is 0.887. The number of aromatic nitrogens is 2. The van der Waals surface area contributed by atoms with E-state index in [0.29, 0.717) is 16.3 Å². The predicted octanol–water partition coefficient (Wildman–Crippen LogP) is 5.23. The summed E-state index contributed by atoms with van der Waals surface area (Å²) in [5, 5.41) is 0. The molecule has 7 nitrogen and oxygen atoms in total. The van der Waals surface area contributed by atoms with Crippen molar-refractivity contribution in [2.45, 2.75) is 36.6 Å². The van der Waals surface area contributed by atoms with Gasteiger partial charge in [0.1, 0.15) is 0 Å². The molecule has 1 aromatic heterocycles. The zero-order valence-electron chi connectivity index (χ0n) is 19.3. The largest absolute Gasteiger partial charge is 0.466 e. The maximum Gasteiger partial charge on any atom is 0.433 e. The quantitative estimate of drug-likeness (QED) is 0.196. The molecular weight excluding hydrogens is 549 g/mol. The van der Waals surface area contributed by atoms with Gasteiger partial charge in [0.05, 0.1) is 23.9 Å². The van der Waals surface area contributed by atoms with E-state index in [4.69, 9.17) is 4.74 Å². The lowest BCUT2D eigenvalue weighted by atomic mass is 10.1. The highest BCUT2D eigenvalue weighted by molar-refractivity contribution is 7.98. The van der Waals surface area contributed by atoms with Gasteiger partial charge in [0.2, 0.25) is 12.2 Å². The number of nitrogens with zero attached hydrogens (tertiary/aromatic N) is 3. The Labute approximate surface area is 207 Å². The van der Waals surface area contributed by atoms with E-state index >= 15 is 0 Å². The van der Waals surface area contributed by atoms with Gasteiger partial charge in [0.15, 0.2) is 5.69 Å². The minimum Gasteiger partial charge on any atom is -0.466 e. The van der Waals surface area contributed by atoms with E-state index < -0.39 is 76.2 Å². The molecule has 37 heavy (non-hydrogen) atoms. The van der Waals surface area contributed by atoms with Crippen molar-refractivity contribution in [1.29, 1.82) is 0 Å². The zero-order valence-corrected chi connectivity index (χ0v) is 20.1. The number of halogens is 9. The number of esters is 1. The number of rotatable bonds is 7. The molecule has 2 rings (SSSR count). The Hall–Kier alpha value is -2.95. The van der Waals surface area contributed by atoms with Crippen LogP contribution < -0.4 is 10.5 Å². The standard InChI is InChI=1S/C20H18F9N3O4S/c1-5-36-15(16(34)35-3)32(17-30-12(20(27,28)29)8-13(33)31(17)2)11-7-9(18(21,22)23)6-10(14(11)37-4)19(24,25)26/h6-8,15H,5H2,1-4H3. The molecule has 206 valence electrons. The Balaban J connectivity index is 3.17. The molecule has 0 saturated carbocycles. The van der Waals surface area contributed by atoms with Crippen molar-refractivity contribution >= 4 is 29.4 Å². The van der Waals surface area contributed by atoms with Gasteiger partial charge in [-0.2, -0.15) is 39.5 Å². The van der Waals surface area contributed by atoms with Crippen LogP contribution in [0.15, 0.2) is 27.9 Å². The van der Waals surface area contributed by atoms with Crippen LogP contribution in [0.4, 0.5) is 51.1 Å². The van der Waals surface area contributed by atoms with Gasteiger partial charge in [0.25, 0.3) is 5.56 Å². The number of hydrogen-bond donors (Lipinski definition) is 0. The first kappa shape index (κ1) is 30.3. The van der Waals surface area contributed by atoms with Crippen molar-refractivity contribution in [2.75, 3.05) is 24.9 Å². The topological polar surface area (TPSA) is 73.7 Å². The summed E-state index contributed by atoms with van der Waals surface area (Å²) in [5.74, 6) is -2.54. The second-order valence-electron chi connectivity index (χ2n) is 7.11. The van der Waals surface area contributed by atoms with Crippen LogP contribution in [0.2, 0.25) is 0 Å². The highest BCUT2D eigenvalue weighted by atomic mass is 32.2. The first-order valence-corrected chi connectivity index (χ1v) is 11.1. The fourth-order valence-corrected chi connectivity index (χ4v) is 3.88. The molecule has 1 heterocycles. The normalized spacial score (nSPS) is 13.4. The molecule has 0 aliphatic rings. The lowest BCUT2D eigenvalue weighted by Crippen LogP contribution is -2.44. The number of ether oxygens (including phenoxy) is 2. The Morgan fingerprint density at radius 3 is 2.08 bits per heavy atom. The molecule has 2 aromatic rings. The molecule has 0 radical (unpaired) electrons. The smallest absolute Gasteiger partial charge is 0.433 e. The van der Waals surface area contributed by atoms with Crippen LogP contribution in [-0.2, 0) is 39.8 Å². The van der Waals surface area contributed by atoms with Gasteiger partial charge in [-0.25, -0.2) is 9.78 Å². The molecule has 0 aliphatic carbocycles. The molecule has 1 aromatic carbocycles. The van der Waals surface area contributed by atoms with Gasteiger partial charge < -0.3 is 9.47 Å². The van der Waals surface area contributed by atoms with E-state index in [0.717, 1.165) is 20.4 Å². The minimum atomic E-state index is -5.36. The summed E-state index contributed by atoms with van der Waals surface area (Å²) >= 11 is 0.292. The number of alkyl halides is 9. The number of thioether (sulfide) groups is 1. The second-order valence-corrected chi connectivity index (χ2v) is 7.93. The Kier molecular flexibility index (Phi) is 8.84. The maximum atomic E-state index is 13.8. The second kappa shape index (κ2) is 10.8. The highest BCUT2D eigenvalue weighted by Crippen LogP contribution is 2.47. The minimum absolute atomic E-state index is 0.0677. The molecule has 1 atom stereocenters. The third kappa shape index (κ3) is 6.49. The monoisotopic (exact) mass is 567 g/mol. The van der Waals surface area contributed by atoms with Gasteiger partial charge in [0, 0.05) is 24.6 Å². The van der Waals surface area contributed by atoms with Crippen molar-refractivity contribution in [2.24, 2.45) is 7.05 Å². The SMILES string of the molecule is CCOC(C(=O)OC)N(c1cc(C(F)(F)F)cc(C(F)(F)F)c1SC)c1nc(C(F)(F)F)cc(=O)n1C. The molecule has 1 unspecified atom stereocenters. The van der Waals surface area contributed by atoms with E-state index in [-0.39, 0.29) is 23.1 Å². The van der Waals surface area contributed by atoms with E-state index in [9.17, 15) is 49.1 Å². The van der Waals surface area contributed by atoms with Crippen LogP contribution in [0.5, 0.6) is 0 Å². The summed E-state index contributed by atoms with van der Waals surface area (Å²) in [6, 6.07) is 0.0701. The highest BCUT2D eigenvalue weighted by Gasteiger charge is 2.43. The molecule has 0 N–H and O–H groups in total. The van der Waals surface area contributed by atoms with Crippen molar-refractivity contribution in [3.63, 3.8) is 0 Å². The van der Waals surface area contributed by atoms with Crippen LogP contribution in [0.3, 0.4) is 0 Å². The number of carbonyl (C=O) groups excluding carboxylic acids is 1. The number of hydrogen-bond acceptors (Lipinski definition) is 7. The van der Waals surface area contributed by atoms with Gasteiger partial charge >= 0.3 is 24.5 Å². The average molecular weight is 567 g/mol. The molecule has 0 fully saturated rings. The molecule has 0 amide bonds. The van der Waals surface area contributed by atoms with Crippen LogP contribution in [0.1, 0.15) is 23.7 Å². The number of carbonyl (C=O) groups is 1. The summed E-state index contributed by atoms with van der Waals surface area (Å²) in [6.07, 6.45) is -17.1. The van der Waals surface area contributed by atoms with Crippen LogP contribution >= 0.6 is 11.8 Å². The van der Waals surface area contributed by atoms with E-state index in [1.165, 1.54) is 6.92 Å². The first-order chi connectivity index (χ1) is 16.9. The van der Waals surface area contributed by atoms with Crippen LogP contribution in [0.25, 0.3) is 0 Å². The fourth-order valence-electron chi connectivity index (χ4n) is 3.11. The number of anilines is 2. The Bertz CT molecular complexity index is 1210. The van der Waals surface area contributed by atoms with Gasteiger partial charge in [-0.05, 0) is 25.3 Å². The Morgan fingerprint density at radius 2 is 1.65 bits per heavy atom.